The van der Waals surface area contributed by atoms with Gasteiger partial charge in [0.1, 0.15) is 17.3 Å². The Hall–Kier alpha value is -3.26. The van der Waals surface area contributed by atoms with Crippen LogP contribution in [-0.4, -0.2) is 32.9 Å². The number of carboxylic acid groups (broad SMARTS) is 1. The quantitative estimate of drug-likeness (QED) is 0.325. The molecule has 2 aromatic carbocycles. The lowest BCUT2D eigenvalue weighted by Gasteiger charge is -2.17. The van der Waals surface area contributed by atoms with E-state index in [0.717, 1.165) is 0 Å². The first-order valence-electron chi connectivity index (χ1n) is 9.42. The van der Waals surface area contributed by atoms with E-state index in [9.17, 15) is 9.18 Å². The van der Waals surface area contributed by atoms with Gasteiger partial charge in [-0.25, -0.2) is 9.18 Å². The van der Waals surface area contributed by atoms with Gasteiger partial charge >= 0.3 is 5.97 Å². The third kappa shape index (κ3) is 4.90. The van der Waals surface area contributed by atoms with Crippen LogP contribution in [0.4, 0.5) is 4.39 Å². The van der Waals surface area contributed by atoms with Gasteiger partial charge in [0.15, 0.2) is 11.8 Å². The number of carboxylic acids is 1. The Morgan fingerprint density at radius 3 is 2.48 bits per heavy atom. The number of ether oxygens (including phenoxy) is 1. The number of rotatable bonds is 6. The summed E-state index contributed by atoms with van der Waals surface area (Å²) in [6.07, 6.45) is 1.40. The first-order chi connectivity index (χ1) is 15.8. The number of aromatic nitrogens is 3. The summed E-state index contributed by atoms with van der Waals surface area (Å²) in [5.74, 6) is -1.36. The Balaban J connectivity index is 2.03. The number of hydrogen-bond donors (Lipinski definition) is 1. The van der Waals surface area contributed by atoms with E-state index >= 15 is 0 Å². The summed E-state index contributed by atoms with van der Waals surface area (Å²) in [5.41, 5.74) is 1.84. The molecule has 6 nitrogen and oxygen atoms in total. The predicted octanol–water partition coefficient (Wildman–Crippen LogP) is 6.44. The maximum Gasteiger partial charge on any atom is 0.341 e. The Labute approximate surface area is 202 Å². The molecule has 0 spiro atoms. The summed E-state index contributed by atoms with van der Waals surface area (Å²) in [4.78, 5) is 15.2. The van der Waals surface area contributed by atoms with Crippen LogP contribution in [0.25, 0.3) is 33.6 Å². The molecule has 0 bridgehead atoms. The van der Waals surface area contributed by atoms with E-state index in [2.05, 4.69) is 15.2 Å². The standard InChI is InChI=1S/C23H13Cl3FN3O3/c24-13-9-16(25)22(28-10-13)20-19(12-4-3-5-14(8-12)33-11-18(31)32)21(29-30-23(20)26)15-6-1-2-7-17(15)27/h1-10H,11H2,(H,31,32). The number of pyridine rings is 1. The van der Waals surface area contributed by atoms with E-state index in [1.165, 1.54) is 18.3 Å². The Kier molecular flexibility index (Phi) is 6.74. The zero-order chi connectivity index (χ0) is 23.5. The molecule has 0 saturated heterocycles. The fourth-order valence-electron chi connectivity index (χ4n) is 3.24. The van der Waals surface area contributed by atoms with E-state index in [-0.39, 0.29) is 32.9 Å². The lowest BCUT2D eigenvalue weighted by atomic mass is 9.93. The van der Waals surface area contributed by atoms with Crippen molar-refractivity contribution in [2.24, 2.45) is 0 Å². The van der Waals surface area contributed by atoms with Gasteiger partial charge in [0, 0.05) is 17.3 Å². The molecular formula is C23H13Cl3FN3O3. The third-order valence-corrected chi connectivity index (χ3v) is 5.35. The maximum atomic E-state index is 14.8. The van der Waals surface area contributed by atoms with Gasteiger partial charge in [-0.15, -0.1) is 10.2 Å². The van der Waals surface area contributed by atoms with Gasteiger partial charge < -0.3 is 9.84 Å². The van der Waals surface area contributed by atoms with Crippen LogP contribution in [0.2, 0.25) is 15.2 Å². The molecule has 166 valence electrons. The average molecular weight is 505 g/mol. The highest BCUT2D eigenvalue weighted by Crippen LogP contribution is 2.44. The third-order valence-electron chi connectivity index (χ3n) is 4.59. The van der Waals surface area contributed by atoms with Gasteiger partial charge in [0.2, 0.25) is 0 Å². The van der Waals surface area contributed by atoms with Crippen LogP contribution in [0.5, 0.6) is 5.75 Å². The minimum Gasteiger partial charge on any atom is -0.482 e. The molecule has 2 heterocycles. The van der Waals surface area contributed by atoms with Crippen LogP contribution in [-0.2, 0) is 4.79 Å². The molecule has 0 unspecified atom stereocenters. The normalized spacial score (nSPS) is 10.8. The molecule has 0 aliphatic heterocycles. The lowest BCUT2D eigenvalue weighted by Crippen LogP contribution is -2.09. The SMILES string of the molecule is O=C(O)COc1cccc(-c2c(-c3ccccc3F)nnc(Cl)c2-c2ncc(Cl)cc2Cl)c1. The number of hydrogen-bond acceptors (Lipinski definition) is 5. The summed E-state index contributed by atoms with van der Waals surface area (Å²) < 4.78 is 20.1. The van der Waals surface area contributed by atoms with Crippen LogP contribution < -0.4 is 4.74 Å². The second-order valence-corrected chi connectivity index (χ2v) is 7.97. The highest BCUT2D eigenvalue weighted by molar-refractivity contribution is 6.38. The van der Waals surface area contributed by atoms with Gasteiger partial charge in [-0.3, -0.25) is 4.98 Å². The minimum absolute atomic E-state index is 0.0151. The fraction of sp³-hybridized carbons (Fsp3) is 0.0435. The maximum absolute atomic E-state index is 14.8. The van der Waals surface area contributed by atoms with E-state index < -0.39 is 18.4 Å². The van der Waals surface area contributed by atoms with Gasteiger partial charge in [0.05, 0.1) is 21.3 Å². The van der Waals surface area contributed by atoms with Crippen LogP contribution in [0, 0.1) is 5.82 Å². The first kappa shape index (κ1) is 22.9. The van der Waals surface area contributed by atoms with E-state index in [1.807, 2.05) is 0 Å². The van der Waals surface area contributed by atoms with E-state index in [1.54, 1.807) is 42.5 Å². The Bertz CT molecular complexity index is 1370. The molecule has 4 rings (SSSR count). The molecule has 1 N–H and O–H groups in total. The number of nitrogens with zero attached hydrogens (tertiary/aromatic N) is 3. The highest BCUT2D eigenvalue weighted by atomic mass is 35.5. The Morgan fingerprint density at radius 1 is 0.970 bits per heavy atom. The molecule has 0 atom stereocenters. The summed E-state index contributed by atoms with van der Waals surface area (Å²) in [6.45, 7) is -0.531. The molecule has 0 aliphatic rings. The molecule has 33 heavy (non-hydrogen) atoms. The van der Waals surface area contributed by atoms with Crippen molar-refractivity contribution in [3.63, 3.8) is 0 Å². The second-order valence-electron chi connectivity index (χ2n) is 6.76. The molecule has 0 radical (unpaired) electrons. The fourth-order valence-corrected chi connectivity index (χ4v) is 3.94. The van der Waals surface area contributed by atoms with Crippen LogP contribution in [0.1, 0.15) is 0 Å². The van der Waals surface area contributed by atoms with Crippen molar-refractivity contribution in [3.05, 3.63) is 81.8 Å². The zero-order valence-electron chi connectivity index (χ0n) is 16.6. The summed E-state index contributed by atoms with van der Waals surface area (Å²) in [6, 6.07) is 14.1. The van der Waals surface area contributed by atoms with Gasteiger partial charge in [-0.05, 0) is 35.9 Å². The molecule has 0 fully saturated rings. The largest absolute Gasteiger partial charge is 0.482 e. The van der Waals surface area contributed by atoms with E-state index in [0.29, 0.717) is 21.7 Å². The minimum atomic E-state index is -1.13. The van der Waals surface area contributed by atoms with Crippen molar-refractivity contribution in [2.75, 3.05) is 6.61 Å². The topological polar surface area (TPSA) is 85.2 Å². The number of benzene rings is 2. The summed E-state index contributed by atoms with van der Waals surface area (Å²) in [7, 11) is 0. The lowest BCUT2D eigenvalue weighted by molar-refractivity contribution is -0.139. The molecule has 2 aromatic heterocycles. The zero-order valence-corrected chi connectivity index (χ0v) is 18.9. The number of aliphatic carboxylic acids is 1. The molecule has 0 amide bonds. The van der Waals surface area contributed by atoms with Crippen LogP contribution in [0.15, 0.2) is 60.8 Å². The second kappa shape index (κ2) is 9.70. The predicted molar refractivity (Wildman–Crippen MR) is 124 cm³/mol. The molecule has 4 aromatic rings. The average Bonchev–Trinajstić information content (AvgIpc) is 2.79. The van der Waals surface area contributed by atoms with Crippen LogP contribution >= 0.6 is 34.8 Å². The van der Waals surface area contributed by atoms with Gasteiger partial charge in [0.25, 0.3) is 0 Å². The summed E-state index contributed by atoms with van der Waals surface area (Å²) in [5, 5.41) is 17.6. The molecule has 10 heteroatoms. The van der Waals surface area contributed by atoms with Crippen molar-refractivity contribution in [2.45, 2.75) is 0 Å². The van der Waals surface area contributed by atoms with Gasteiger partial charge in [-0.2, -0.15) is 0 Å². The first-order valence-corrected chi connectivity index (χ1v) is 10.6. The smallest absolute Gasteiger partial charge is 0.341 e. The van der Waals surface area contributed by atoms with E-state index in [4.69, 9.17) is 44.6 Å². The Morgan fingerprint density at radius 2 is 1.76 bits per heavy atom. The van der Waals surface area contributed by atoms with Crippen LogP contribution in [0.3, 0.4) is 0 Å². The van der Waals surface area contributed by atoms with Crippen molar-refractivity contribution in [3.8, 4) is 39.4 Å². The molecule has 0 saturated carbocycles. The van der Waals surface area contributed by atoms with Crippen molar-refractivity contribution in [1.29, 1.82) is 0 Å². The molecule has 0 aliphatic carbocycles. The van der Waals surface area contributed by atoms with Crippen molar-refractivity contribution < 1.29 is 19.0 Å². The van der Waals surface area contributed by atoms with Gasteiger partial charge in [-0.1, -0.05) is 59.1 Å². The van der Waals surface area contributed by atoms with Crippen molar-refractivity contribution >= 4 is 40.8 Å². The molecular weight excluding hydrogens is 492 g/mol. The number of halogens is 4. The number of carbonyl (C=O) groups is 1. The monoisotopic (exact) mass is 503 g/mol. The van der Waals surface area contributed by atoms with Crippen molar-refractivity contribution in [1.82, 2.24) is 15.2 Å². The highest BCUT2D eigenvalue weighted by Gasteiger charge is 2.24. The summed E-state index contributed by atoms with van der Waals surface area (Å²) >= 11 is 18.9.